The summed E-state index contributed by atoms with van der Waals surface area (Å²) < 4.78 is 5.71. The van der Waals surface area contributed by atoms with Crippen LogP contribution in [-0.4, -0.2) is 24.8 Å². The molecule has 1 aliphatic heterocycles. The highest BCUT2D eigenvalue weighted by molar-refractivity contribution is 5.27. The summed E-state index contributed by atoms with van der Waals surface area (Å²) in [6.07, 6.45) is 3.70. The monoisotopic (exact) mass is 235 g/mol. The molecule has 94 valence electrons. The van der Waals surface area contributed by atoms with E-state index >= 15 is 0 Å². The fourth-order valence-electron chi connectivity index (χ4n) is 2.25. The summed E-state index contributed by atoms with van der Waals surface area (Å²) in [5.74, 6) is 1.62. The van der Waals surface area contributed by atoms with Crippen LogP contribution in [0.5, 0.6) is 5.75 Å². The molecule has 0 aliphatic carbocycles. The van der Waals surface area contributed by atoms with E-state index in [1.54, 1.807) is 0 Å². The van der Waals surface area contributed by atoms with Crippen molar-refractivity contribution in [2.75, 3.05) is 19.7 Å². The van der Waals surface area contributed by atoms with Gasteiger partial charge in [0.2, 0.25) is 0 Å². The van der Waals surface area contributed by atoms with Gasteiger partial charge in [0.1, 0.15) is 5.75 Å². The van der Waals surface area contributed by atoms with Crippen molar-refractivity contribution in [1.29, 1.82) is 0 Å². The number of rotatable bonds is 5. The van der Waals surface area contributed by atoms with E-state index in [1.165, 1.54) is 12.8 Å². The fraction of sp³-hybridized carbons (Fsp3) is 0.571. The Bertz CT molecular complexity index is 335. The number of piperidine rings is 1. The van der Waals surface area contributed by atoms with Crippen molar-refractivity contribution in [2.45, 2.75) is 25.9 Å². The first-order valence-electron chi connectivity index (χ1n) is 6.42. The Hall–Kier alpha value is -1.06. The average molecular weight is 235 g/mol. The fourth-order valence-corrected chi connectivity index (χ4v) is 2.25. The predicted molar refractivity (Wildman–Crippen MR) is 68.1 cm³/mol. The van der Waals surface area contributed by atoms with Crippen LogP contribution >= 0.6 is 0 Å². The Morgan fingerprint density at radius 3 is 3.12 bits per heavy atom. The Labute approximate surface area is 103 Å². The van der Waals surface area contributed by atoms with E-state index in [2.05, 4.69) is 5.32 Å². The van der Waals surface area contributed by atoms with Gasteiger partial charge in [-0.15, -0.1) is 0 Å². The van der Waals surface area contributed by atoms with Crippen LogP contribution in [0.4, 0.5) is 0 Å². The zero-order chi connectivity index (χ0) is 11.9. The third kappa shape index (κ3) is 4.02. The molecule has 3 nitrogen and oxygen atoms in total. The number of aliphatic hydroxyl groups excluding tert-OH is 1. The van der Waals surface area contributed by atoms with Gasteiger partial charge in [-0.3, -0.25) is 0 Å². The minimum atomic E-state index is 0.0732. The van der Waals surface area contributed by atoms with E-state index in [1.807, 2.05) is 24.3 Å². The van der Waals surface area contributed by atoms with Crippen molar-refractivity contribution in [3.05, 3.63) is 29.8 Å². The highest BCUT2D eigenvalue weighted by atomic mass is 16.5. The molecule has 17 heavy (non-hydrogen) atoms. The number of hydrogen-bond donors (Lipinski definition) is 2. The second-order valence-electron chi connectivity index (χ2n) is 4.66. The zero-order valence-corrected chi connectivity index (χ0v) is 10.2. The molecule has 2 rings (SSSR count). The topological polar surface area (TPSA) is 41.5 Å². The first-order valence-corrected chi connectivity index (χ1v) is 6.42. The highest BCUT2D eigenvalue weighted by Crippen LogP contribution is 2.17. The molecule has 0 bridgehead atoms. The van der Waals surface area contributed by atoms with Gasteiger partial charge in [0.15, 0.2) is 0 Å². The van der Waals surface area contributed by atoms with Crippen LogP contribution < -0.4 is 10.1 Å². The van der Waals surface area contributed by atoms with E-state index in [-0.39, 0.29) is 6.61 Å². The Morgan fingerprint density at radius 1 is 1.41 bits per heavy atom. The van der Waals surface area contributed by atoms with Gasteiger partial charge in [-0.2, -0.15) is 0 Å². The zero-order valence-electron chi connectivity index (χ0n) is 10.2. The number of hydrogen-bond acceptors (Lipinski definition) is 3. The number of benzene rings is 1. The lowest BCUT2D eigenvalue weighted by Gasteiger charge is -2.22. The number of ether oxygens (including phenoxy) is 1. The van der Waals surface area contributed by atoms with E-state index < -0.39 is 0 Å². The lowest BCUT2D eigenvalue weighted by atomic mass is 9.97. The predicted octanol–water partition coefficient (Wildman–Crippen LogP) is 1.95. The molecule has 0 spiro atoms. The Balaban J connectivity index is 1.73. The van der Waals surface area contributed by atoms with Crippen LogP contribution in [0.1, 0.15) is 24.8 Å². The Morgan fingerprint density at radius 2 is 2.35 bits per heavy atom. The molecular weight excluding hydrogens is 214 g/mol. The molecule has 1 aliphatic rings. The molecule has 0 radical (unpaired) electrons. The molecule has 1 aromatic rings. The van der Waals surface area contributed by atoms with Gasteiger partial charge < -0.3 is 15.2 Å². The van der Waals surface area contributed by atoms with Crippen LogP contribution in [0.15, 0.2) is 24.3 Å². The van der Waals surface area contributed by atoms with Gasteiger partial charge in [-0.05, 0) is 56.0 Å². The van der Waals surface area contributed by atoms with Crippen molar-refractivity contribution in [1.82, 2.24) is 5.32 Å². The van der Waals surface area contributed by atoms with E-state index in [0.717, 1.165) is 43.3 Å². The molecule has 1 atom stereocenters. The Kier molecular flexibility index (Phi) is 4.83. The van der Waals surface area contributed by atoms with Crippen LogP contribution in [0.2, 0.25) is 0 Å². The molecule has 0 aromatic heterocycles. The summed E-state index contributed by atoms with van der Waals surface area (Å²) in [5, 5.41) is 12.4. The standard InChI is InChI=1S/C14H21NO2/c16-11-13-3-1-5-14(9-13)17-8-6-12-4-2-7-15-10-12/h1,3,5,9,12,15-16H,2,4,6-8,10-11H2. The summed E-state index contributed by atoms with van der Waals surface area (Å²) in [6, 6.07) is 7.67. The van der Waals surface area contributed by atoms with Crippen molar-refractivity contribution in [3.63, 3.8) is 0 Å². The average Bonchev–Trinajstić information content (AvgIpc) is 2.40. The normalized spacial score (nSPS) is 20.2. The van der Waals surface area contributed by atoms with Gasteiger partial charge >= 0.3 is 0 Å². The quantitative estimate of drug-likeness (QED) is 0.819. The summed E-state index contributed by atoms with van der Waals surface area (Å²) in [4.78, 5) is 0. The third-order valence-corrected chi connectivity index (χ3v) is 3.27. The van der Waals surface area contributed by atoms with E-state index in [9.17, 15) is 0 Å². The van der Waals surface area contributed by atoms with Gasteiger partial charge in [-0.25, -0.2) is 0 Å². The van der Waals surface area contributed by atoms with Gasteiger partial charge in [0.05, 0.1) is 13.2 Å². The first kappa shape index (κ1) is 12.4. The second kappa shape index (κ2) is 6.62. The van der Waals surface area contributed by atoms with E-state index in [0.29, 0.717) is 0 Å². The highest BCUT2D eigenvalue weighted by Gasteiger charge is 2.12. The van der Waals surface area contributed by atoms with Crippen LogP contribution in [-0.2, 0) is 6.61 Å². The first-order chi connectivity index (χ1) is 8.38. The summed E-state index contributed by atoms with van der Waals surface area (Å²) in [7, 11) is 0. The second-order valence-corrected chi connectivity index (χ2v) is 4.66. The number of aliphatic hydroxyl groups is 1. The molecule has 1 heterocycles. The smallest absolute Gasteiger partial charge is 0.119 e. The van der Waals surface area contributed by atoms with E-state index in [4.69, 9.17) is 9.84 Å². The van der Waals surface area contributed by atoms with Gasteiger partial charge in [-0.1, -0.05) is 12.1 Å². The van der Waals surface area contributed by atoms with Crippen molar-refractivity contribution < 1.29 is 9.84 Å². The molecule has 3 heteroatoms. The molecule has 2 N–H and O–H groups in total. The van der Waals surface area contributed by atoms with Gasteiger partial charge in [0.25, 0.3) is 0 Å². The molecule has 1 fully saturated rings. The van der Waals surface area contributed by atoms with Crippen molar-refractivity contribution in [2.24, 2.45) is 5.92 Å². The molecule has 1 aromatic carbocycles. The maximum atomic E-state index is 9.03. The third-order valence-electron chi connectivity index (χ3n) is 3.27. The SMILES string of the molecule is OCc1cccc(OCCC2CCCNC2)c1. The number of nitrogens with one attached hydrogen (secondary N) is 1. The lowest BCUT2D eigenvalue weighted by Crippen LogP contribution is -2.30. The molecule has 0 amide bonds. The lowest BCUT2D eigenvalue weighted by molar-refractivity contribution is 0.252. The van der Waals surface area contributed by atoms with Crippen LogP contribution in [0.3, 0.4) is 0 Å². The van der Waals surface area contributed by atoms with Crippen molar-refractivity contribution >= 4 is 0 Å². The maximum absolute atomic E-state index is 9.03. The van der Waals surface area contributed by atoms with Crippen LogP contribution in [0.25, 0.3) is 0 Å². The van der Waals surface area contributed by atoms with Crippen molar-refractivity contribution in [3.8, 4) is 5.75 Å². The minimum absolute atomic E-state index is 0.0732. The summed E-state index contributed by atoms with van der Waals surface area (Å²) in [5.41, 5.74) is 0.904. The minimum Gasteiger partial charge on any atom is -0.494 e. The van der Waals surface area contributed by atoms with Gasteiger partial charge in [0, 0.05) is 0 Å². The largest absolute Gasteiger partial charge is 0.494 e. The molecule has 1 saturated heterocycles. The van der Waals surface area contributed by atoms with Crippen LogP contribution in [0, 0.1) is 5.92 Å². The summed E-state index contributed by atoms with van der Waals surface area (Å²) in [6.45, 7) is 3.13. The molecule has 0 saturated carbocycles. The maximum Gasteiger partial charge on any atom is 0.119 e. The molecular formula is C14H21NO2. The molecule has 1 unspecified atom stereocenters. The summed E-state index contributed by atoms with van der Waals surface area (Å²) >= 11 is 0.